The molecule has 0 saturated heterocycles. The van der Waals surface area contributed by atoms with Gasteiger partial charge in [0.1, 0.15) is 10.6 Å². The van der Waals surface area contributed by atoms with Crippen LogP contribution in [0.5, 0.6) is 0 Å². The second kappa shape index (κ2) is 6.84. The van der Waals surface area contributed by atoms with Gasteiger partial charge in [-0.05, 0) is 39.3 Å². The van der Waals surface area contributed by atoms with Crippen LogP contribution in [0, 0.1) is 27.7 Å². The third-order valence-corrected chi connectivity index (χ3v) is 6.36. The first-order chi connectivity index (χ1) is 12.7. The highest BCUT2D eigenvalue weighted by molar-refractivity contribution is 7.92. The topological polar surface area (TPSA) is 90.0 Å². The van der Waals surface area contributed by atoms with Crippen LogP contribution in [0.3, 0.4) is 0 Å². The molecule has 0 radical (unpaired) electrons. The van der Waals surface area contributed by atoms with E-state index in [2.05, 4.69) is 14.9 Å². The van der Waals surface area contributed by atoms with E-state index in [0.717, 1.165) is 11.1 Å². The van der Waals surface area contributed by atoms with Gasteiger partial charge in [0.15, 0.2) is 0 Å². The van der Waals surface area contributed by atoms with Crippen molar-refractivity contribution in [3.05, 3.63) is 46.5 Å². The third-order valence-electron chi connectivity index (χ3n) is 4.73. The van der Waals surface area contributed by atoms with E-state index < -0.39 is 10.0 Å². The summed E-state index contributed by atoms with van der Waals surface area (Å²) in [7, 11) is -1.98. The summed E-state index contributed by atoms with van der Waals surface area (Å²) in [6.45, 7) is 9.30. The molecule has 7 nitrogen and oxygen atoms in total. The van der Waals surface area contributed by atoms with Crippen molar-refractivity contribution in [1.29, 1.82) is 0 Å². The zero-order valence-electron chi connectivity index (χ0n) is 16.4. The minimum Gasteiger partial charge on any atom is -0.419 e. The van der Waals surface area contributed by atoms with Gasteiger partial charge in [-0.1, -0.05) is 24.6 Å². The molecule has 1 N–H and O–H groups in total. The molecule has 0 spiro atoms. The monoisotopic (exact) mass is 388 g/mol. The molecule has 0 atom stereocenters. The Morgan fingerprint density at radius 3 is 2.44 bits per heavy atom. The van der Waals surface area contributed by atoms with Crippen molar-refractivity contribution in [2.45, 2.75) is 45.9 Å². The van der Waals surface area contributed by atoms with Gasteiger partial charge in [0.05, 0.1) is 5.69 Å². The van der Waals surface area contributed by atoms with Crippen LogP contribution in [0.15, 0.2) is 27.5 Å². The first-order valence-corrected chi connectivity index (χ1v) is 10.2. The highest BCUT2D eigenvalue weighted by atomic mass is 32.2. The lowest BCUT2D eigenvalue weighted by atomic mass is 10.1. The van der Waals surface area contributed by atoms with E-state index in [9.17, 15) is 8.42 Å². The number of hydrogen-bond acceptors (Lipinski definition) is 5. The molecule has 3 rings (SSSR count). The van der Waals surface area contributed by atoms with E-state index in [4.69, 9.17) is 4.42 Å². The number of aromatic nitrogens is 3. The number of benzene rings is 1. The quantitative estimate of drug-likeness (QED) is 0.720. The first-order valence-electron chi connectivity index (χ1n) is 8.74. The van der Waals surface area contributed by atoms with E-state index in [1.54, 1.807) is 31.5 Å². The van der Waals surface area contributed by atoms with Gasteiger partial charge < -0.3 is 8.98 Å². The second-order valence-corrected chi connectivity index (χ2v) is 8.34. The minimum absolute atomic E-state index is 0.233. The molecule has 27 heavy (non-hydrogen) atoms. The zero-order chi connectivity index (χ0) is 19.9. The molecule has 0 saturated carbocycles. The molecule has 0 unspecified atom stereocenters. The molecule has 2 heterocycles. The average Bonchev–Trinajstić information content (AvgIpc) is 3.13. The van der Waals surface area contributed by atoms with Crippen molar-refractivity contribution in [3.63, 3.8) is 0 Å². The highest BCUT2D eigenvalue weighted by Gasteiger charge is 2.29. The van der Waals surface area contributed by atoms with Crippen LogP contribution < -0.4 is 4.72 Å². The molecule has 144 valence electrons. The van der Waals surface area contributed by atoms with Crippen molar-refractivity contribution in [3.8, 4) is 11.6 Å². The first kappa shape index (κ1) is 19.2. The predicted octanol–water partition coefficient (Wildman–Crippen LogP) is 3.67. The molecule has 3 aromatic rings. The number of nitrogens with one attached hydrogen (secondary N) is 1. The maximum absolute atomic E-state index is 13.1. The van der Waals surface area contributed by atoms with E-state index in [-0.39, 0.29) is 4.90 Å². The number of aryl methyl sites for hydroxylation is 3. The summed E-state index contributed by atoms with van der Waals surface area (Å²) in [5.74, 6) is 0.837. The fraction of sp³-hybridized carbons (Fsp3) is 0.368. The van der Waals surface area contributed by atoms with Crippen LogP contribution in [-0.4, -0.2) is 23.2 Å². The average molecular weight is 388 g/mol. The Bertz CT molecular complexity index is 1110. The SMILES string of the molecule is CCc1nnc(-c2c(C)c(S(=O)(=O)Nc3ccc(C)cc3C)c(C)n2C)o1. The summed E-state index contributed by atoms with van der Waals surface area (Å²) in [5.41, 5.74) is 4.31. The predicted molar refractivity (Wildman–Crippen MR) is 104 cm³/mol. The fourth-order valence-corrected chi connectivity index (χ4v) is 4.91. The lowest BCUT2D eigenvalue weighted by molar-refractivity contribution is 0.508. The second-order valence-electron chi connectivity index (χ2n) is 6.73. The molecular formula is C19H24N4O3S. The normalized spacial score (nSPS) is 11.8. The largest absolute Gasteiger partial charge is 0.419 e. The van der Waals surface area contributed by atoms with Crippen molar-refractivity contribution in [1.82, 2.24) is 14.8 Å². The summed E-state index contributed by atoms with van der Waals surface area (Å²) in [6, 6.07) is 5.60. The fourth-order valence-electron chi connectivity index (χ4n) is 3.27. The van der Waals surface area contributed by atoms with Gasteiger partial charge in [-0.2, -0.15) is 0 Å². The van der Waals surface area contributed by atoms with Crippen LogP contribution in [0.25, 0.3) is 11.6 Å². The van der Waals surface area contributed by atoms with E-state index in [1.807, 2.05) is 32.9 Å². The Morgan fingerprint density at radius 1 is 1.15 bits per heavy atom. The molecule has 1 aromatic carbocycles. The number of hydrogen-bond donors (Lipinski definition) is 1. The number of nitrogens with zero attached hydrogens (tertiary/aromatic N) is 3. The third kappa shape index (κ3) is 3.37. The van der Waals surface area contributed by atoms with E-state index in [0.29, 0.717) is 40.8 Å². The van der Waals surface area contributed by atoms with E-state index >= 15 is 0 Å². The highest BCUT2D eigenvalue weighted by Crippen LogP contribution is 2.33. The van der Waals surface area contributed by atoms with Gasteiger partial charge in [0.25, 0.3) is 15.9 Å². The van der Waals surface area contributed by atoms with Gasteiger partial charge in [0, 0.05) is 24.7 Å². The maximum atomic E-state index is 13.1. The summed E-state index contributed by atoms with van der Waals surface area (Å²) < 4.78 is 36.4. The van der Waals surface area contributed by atoms with Gasteiger partial charge >= 0.3 is 0 Å². The summed E-state index contributed by atoms with van der Waals surface area (Å²) >= 11 is 0. The molecular weight excluding hydrogens is 364 g/mol. The molecule has 0 fully saturated rings. The molecule has 2 aromatic heterocycles. The van der Waals surface area contributed by atoms with Gasteiger partial charge in [-0.15, -0.1) is 10.2 Å². The Balaban J connectivity index is 2.09. The van der Waals surface area contributed by atoms with Crippen molar-refractivity contribution in [2.75, 3.05) is 4.72 Å². The van der Waals surface area contributed by atoms with Gasteiger partial charge in [0.2, 0.25) is 5.89 Å². The van der Waals surface area contributed by atoms with Crippen LogP contribution in [0.2, 0.25) is 0 Å². The Morgan fingerprint density at radius 2 is 1.85 bits per heavy atom. The van der Waals surface area contributed by atoms with Gasteiger partial charge in [-0.25, -0.2) is 8.42 Å². The van der Waals surface area contributed by atoms with Crippen LogP contribution in [0.4, 0.5) is 5.69 Å². The lowest BCUT2D eigenvalue weighted by Crippen LogP contribution is -2.15. The number of rotatable bonds is 5. The van der Waals surface area contributed by atoms with Crippen LogP contribution in [0.1, 0.15) is 35.2 Å². The molecule has 0 amide bonds. The summed E-state index contributed by atoms with van der Waals surface area (Å²) in [5, 5.41) is 8.06. The Hall–Kier alpha value is -2.61. The maximum Gasteiger partial charge on any atom is 0.264 e. The standard InChI is InChI=1S/C19H24N4O3S/c1-7-16-20-21-19(26-16)17-13(4)18(14(5)23(17)6)27(24,25)22-15-9-8-11(2)10-12(15)3/h8-10,22H,7H2,1-6H3. The number of sulfonamides is 1. The van der Waals surface area contributed by atoms with Crippen molar-refractivity contribution >= 4 is 15.7 Å². The lowest BCUT2D eigenvalue weighted by Gasteiger charge is -2.12. The van der Waals surface area contributed by atoms with E-state index in [1.165, 1.54) is 0 Å². The van der Waals surface area contributed by atoms with Crippen molar-refractivity contribution < 1.29 is 12.8 Å². The van der Waals surface area contributed by atoms with Crippen LogP contribution in [-0.2, 0) is 23.5 Å². The van der Waals surface area contributed by atoms with Crippen molar-refractivity contribution in [2.24, 2.45) is 7.05 Å². The summed E-state index contributed by atoms with van der Waals surface area (Å²) in [4.78, 5) is 0.233. The molecule has 8 heteroatoms. The number of anilines is 1. The van der Waals surface area contributed by atoms with Crippen LogP contribution >= 0.6 is 0 Å². The Kier molecular flexibility index (Phi) is 4.86. The molecule has 0 aliphatic heterocycles. The Labute approximate surface area is 159 Å². The summed E-state index contributed by atoms with van der Waals surface area (Å²) in [6.07, 6.45) is 0.620. The molecule has 0 aliphatic carbocycles. The molecule has 0 bridgehead atoms. The minimum atomic E-state index is -3.78. The molecule has 0 aliphatic rings. The zero-order valence-corrected chi connectivity index (χ0v) is 17.2. The van der Waals surface area contributed by atoms with Gasteiger partial charge in [-0.3, -0.25) is 4.72 Å². The smallest absolute Gasteiger partial charge is 0.264 e.